The van der Waals surface area contributed by atoms with Gasteiger partial charge in [-0.3, -0.25) is 4.79 Å². The van der Waals surface area contributed by atoms with Crippen molar-refractivity contribution in [3.05, 3.63) is 59.9 Å². The molecule has 30 heavy (non-hydrogen) atoms. The van der Waals surface area contributed by atoms with Crippen LogP contribution in [0.5, 0.6) is 0 Å². The van der Waals surface area contributed by atoms with E-state index < -0.39 is 10.0 Å². The highest BCUT2D eigenvalue weighted by molar-refractivity contribution is 7.89. The maximum Gasteiger partial charge on any atom is 0.243 e. The van der Waals surface area contributed by atoms with Crippen LogP contribution in [0.25, 0.3) is 0 Å². The highest BCUT2D eigenvalue weighted by Crippen LogP contribution is 2.48. The summed E-state index contributed by atoms with van der Waals surface area (Å²) in [5.74, 6) is -0.944. The minimum absolute atomic E-state index is 0.132. The van der Waals surface area contributed by atoms with E-state index in [2.05, 4.69) is 17.1 Å². The van der Waals surface area contributed by atoms with Gasteiger partial charge in [0.1, 0.15) is 5.82 Å². The van der Waals surface area contributed by atoms with Gasteiger partial charge >= 0.3 is 0 Å². The van der Waals surface area contributed by atoms with Gasteiger partial charge in [0, 0.05) is 37.8 Å². The van der Waals surface area contributed by atoms with Crippen molar-refractivity contribution >= 4 is 21.6 Å². The minimum atomic E-state index is -3.61. The summed E-state index contributed by atoms with van der Waals surface area (Å²) in [6.07, 6.45) is 0.590. The van der Waals surface area contributed by atoms with Crippen LogP contribution < -0.4 is 5.32 Å². The van der Waals surface area contributed by atoms with Crippen molar-refractivity contribution in [2.45, 2.75) is 24.2 Å². The molecule has 1 aliphatic heterocycles. The number of halogens is 1. The van der Waals surface area contributed by atoms with Crippen LogP contribution >= 0.6 is 0 Å². The van der Waals surface area contributed by atoms with E-state index in [1.165, 1.54) is 16.4 Å². The second-order valence-corrected chi connectivity index (χ2v) is 9.76. The Morgan fingerprint density at radius 2 is 1.83 bits per heavy atom. The average molecular weight is 432 g/mol. The number of carbonyl (C=O) groups excluding carboxylic acids is 1. The zero-order valence-corrected chi connectivity index (χ0v) is 17.7. The summed E-state index contributed by atoms with van der Waals surface area (Å²) in [5.41, 5.74) is 0.993. The van der Waals surface area contributed by atoms with E-state index in [0.717, 1.165) is 6.54 Å². The Bertz CT molecular complexity index is 1040. The molecule has 2 aromatic carbocycles. The van der Waals surface area contributed by atoms with Crippen molar-refractivity contribution in [2.24, 2.45) is 5.92 Å². The third-order valence-corrected chi connectivity index (χ3v) is 7.84. The first-order valence-electron chi connectivity index (χ1n) is 10.3. The summed E-state index contributed by atoms with van der Waals surface area (Å²) >= 11 is 0. The highest BCUT2D eigenvalue weighted by Gasteiger charge is 2.45. The van der Waals surface area contributed by atoms with Crippen molar-refractivity contribution in [3.8, 4) is 0 Å². The van der Waals surface area contributed by atoms with Gasteiger partial charge in [-0.2, -0.15) is 4.31 Å². The lowest BCUT2D eigenvalue weighted by Crippen LogP contribution is -2.48. The van der Waals surface area contributed by atoms with Gasteiger partial charge in [-0.25, -0.2) is 12.8 Å². The molecule has 0 bridgehead atoms. The number of anilines is 1. The molecule has 2 fully saturated rings. The van der Waals surface area contributed by atoms with Crippen LogP contribution in [0, 0.1) is 11.7 Å². The van der Waals surface area contributed by atoms with Gasteiger partial charge in [-0.15, -0.1) is 0 Å². The Kier molecular flexibility index (Phi) is 5.90. The molecule has 2 atom stereocenters. The molecule has 6 nitrogen and oxygen atoms in total. The molecule has 8 heteroatoms. The SMILES string of the molecule is CCN1CCN(S(=O)(=O)c2cccc(NC(=O)C3CC3c3ccccc3F)c2)CC1. The summed E-state index contributed by atoms with van der Waals surface area (Å²) < 4.78 is 41.4. The predicted molar refractivity (Wildman–Crippen MR) is 113 cm³/mol. The number of sulfonamides is 1. The van der Waals surface area contributed by atoms with Crippen molar-refractivity contribution in [1.82, 2.24) is 9.21 Å². The third kappa shape index (κ3) is 4.26. The molecular formula is C22H26FN3O3S. The van der Waals surface area contributed by atoms with Crippen molar-refractivity contribution in [1.29, 1.82) is 0 Å². The number of rotatable bonds is 6. The van der Waals surface area contributed by atoms with Crippen LogP contribution in [0.15, 0.2) is 53.4 Å². The number of likely N-dealkylation sites (N-methyl/N-ethyl adjacent to an activating group) is 1. The van der Waals surface area contributed by atoms with Gasteiger partial charge in [0.15, 0.2) is 0 Å². The number of piperazine rings is 1. The summed E-state index contributed by atoms with van der Waals surface area (Å²) in [7, 11) is -3.61. The normalized spacial score (nSPS) is 22.6. The Balaban J connectivity index is 1.43. The van der Waals surface area contributed by atoms with E-state index in [4.69, 9.17) is 0 Å². The van der Waals surface area contributed by atoms with E-state index in [-0.39, 0.29) is 28.5 Å². The van der Waals surface area contributed by atoms with E-state index in [9.17, 15) is 17.6 Å². The summed E-state index contributed by atoms with van der Waals surface area (Å²) in [5, 5.41) is 2.80. The maximum atomic E-state index is 13.9. The van der Waals surface area contributed by atoms with Gasteiger partial charge < -0.3 is 10.2 Å². The zero-order valence-electron chi connectivity index (χ0n) is 16.9. The molecule has 4 rings (SSSR count). The molecule has 1 saturated heterocycles. The van der Waals surface area contributed by atoms with Gasteiger partial charge in [0.2, 0.25) is 15.9 Å². The van der Waals surface area contributed by atoms with Gasteiger partial charge in [0.05, 0.1) is 4.90 Å². The molecule has 1 aliphatic carbocycles. The number of benzene rings is 2. The Morgan fingerprint density at radius 3 is 2.53 bits per heavy atom. The summed E-state index contributed by atoms with van der Waals surface area (Å²) in [4.78, 5) is 15.0. The fourth-order valence-electron chi connectivity index (χ4n) is 4.01. The first-order valence-corrected chi connectivity index (χ1v) is 11.7. The average Bonchev–Trinajstić information content (AvgIpc) is 3.55. The standard InChI is InChI=1S/C22H26FN3O3S/c1-2-25-10-12-26(13-11-25)30(28,29)17-7-5-6-16(14-17)24-22(27)20-15-19(20)18-8-3-4-9-21(18)23/h3-9,14,19-20H,2,10-13,15H2,1H3,(H,24,27). The third-order valence-electron chi connectivity index (χ3n) is 5.95. The number of nitrogens with one attached hydrogen (secondary N) is 1. The molecule has 160 valence electrons. The zero-order chi connectivity index (χ0) is 21.3. The summed E-state index contributed by atoms with van der Waals surface area (Å²) in [6.45, 7) is 5.31. The van der Waals surface area contributed by atoms with Crippen LogP contribution in [0.3, 0.4) is 0 Å². The Hall–Kier alpha value is -2.29. The summed E-state index contributed by atoms with van der Waals surface area (Å²) in [6, 6.07) is 12.9. The predicted octanol–water partition coefficient (Wildman–Crippen LogP) is 2.89. The largest absolute Gasteiger partial charge is 0.326 e. The van der Waals surface area contributed by atoms with Crippen molar-refractivity contribution in [3.63, 3.8) is 0 Å². The van der Waals surface area contributed by atoms with E-state index in [0.29, 0.717) is 43.9 Å². The molecule has 2 aliphatic rings. The number of carbonyl (C=O) groups is 1. The first-order chi connectivity index (χ1) is 14.4. The van der Waals surface area contributed by atoms with Crippen LogP contribution in [0.2, 0.25) is 0 Å². The second kappa shape index (κ2) is 8.45. The number of hydrogen-bond donors (Lipinski definition) is 1. The van der Waals surface area contributed by atoms with Crippen LogP contribution in [-0.4, -0.2) is 56.3 Å². The van der Waals surface area contributed by atoms with Gasteiger partial charge in [0.25, 0.3) is 0 Å². The van der Waals surface area contributed by atoms with E-state index in [1.54, 1.807) is 36.4 Å². The highest BCUT2D eigenvalue weighted by atomic mass is 32.2. The monoisotopic (exact) mass is 431 g/mol. The Morgan fingerprint density at radius 1 is 1.10 bits per heavy atom. The van der Waals surface area contributed by atoms with Crippen LogP contribution in [0.1, 0.15) is 24.8 Å². The topological polar surface area (TPSA) is 69.7 Å². The number of nitrogens with zero attached hydrogens (tertiary/aromatic N) is 2. The fraction of sp³-hybridized carbons (Fsp3) is 0.409. The molecule has 1 saturated carbocycles. The molecule has 1 heterocycles. The molecule has 2 unspecified atom stereocenters. The lowest BCUT2D eigenvalue weighted by Gasteiger charge is -2.33. The van der Waals surface area contributed by atoms with Gasteiger partial charge in [-0.05, 0) is 48.7 Å². The van der Waals surface area contributed by atoms with Crippen LogP contribution in [0.4, 0.5) is 10.1 Å². The van der Waals surface area contributed by atoms with Crippen LogP contribution in [-0.2, 0) is 14.8 Å². The molecule has 0 radical (unpaired) electrons. The molecule has 1 amide bonds. The number of hydrogen-bond acceptors (Lipinski definition) is 4. The quantitative estimate of drug-likeness (QED) is 0.764. The van der Waals surface area contributed by atoms with Gasteiger partial charge in [-0.1, -0.05) is 31.2 Å². The Labute approximate surface area is 176 Å². The first kappa shape index (κ1) is 21.0. The smallest absolute Gasteiger partial charge is 0.243 e. The second-order valence-electron chi connectivity index (χ2n) is 7.83. The minimum Gasteiger partial charge on any atom is -0.326 e. The lowest BCUT2D eigenvalue weighted by molar-refractivity contribution is -0.117. The maximum absolute atomic E-state index is 13.9. The lowest BCUT2D eigenvalue weighted by atomic mass is 10.1. The molecule has 0 aromatic heterocycles. The molecular weight excluding hydrogens is 405 g/mol. The molecule has 1 N–H and O–H groups in total. The fourth-order valence-corrected chi connectivity index (χ4v) is 5.48. The van der Waals surface area contributed by atoms with Crippen molar-refractivity contribution in [2.75, 3.05) is 38.0 Å². The molecule has 2 aromatic rings. The van der Waals surface area contributed by atoms with E-state index in [1.807, 2.05) is 0 Å². The van der Waals surface area contributed by atoms with E-state index >= 15 is 0 Å². The van der Waals surface area contributed by atoms with Crippen molar-refractivity contribution < 1.29 is 17.6 Å². The number of amides is 1. The molecule has 0 spiro atoms.